The number of hydrogen-bond acceptors (Lipinski definition) is 6. The molecule has 1 fully saturated rings. The van der Waals surface area contributed by atoms with Crippen LogP contribution < -0.4 is 15.0 Å². The molecule has 0 bridgehead atoms. The summed E-state index contributed by atoms with van der Waals surface area (Å²) in [6.07, 6.45) is 7.92. The molecule has 154 valence electrons. The molecule has 1 saturated carbocycles. The predicted molar refractivity (Wildman–Crippen MR) is 115 cm³/mol. The van der Waals surface area contributed by atoms with Crippen molar-refractivity contribution in [3.8, 4) is 22.8 Å². The highest BCUT2D eigenvalue weighted by Crippen LogP contribution is 2.47. The summed E-state index contributed by atoms with van der Waals surface area (Å²) in [6, 6.07) is 5.50. The van der Waals surface area contributed by atoms with Crippen molar-refractivity contribution in [2.45, 2.75) is 19.3 Å². The molecule has 7 heteroatoms. The van der Waals surface area contributed by atoms with Crippen LogP contribution in [-0.2, 0) is 7.05 Å². The quantitative estimate of drug-likeness (QED) is 0.601. The zero-order chi connectivity index (χ0) is 21.3. The van der Waals surface area contributed by atoms with Gasteiger partial charge in [-0.2, -0.15) is 4.98 Å². The van der Waals surface area contributed by atoms with Crippen LogP contribution in [0.3, 0.4) is 0 Å². The van der Waals surface area contributed by atoms with Gasteiger partial charge in [-0.1, -0.05) is 12.7 Å². The molecule has 3 aromatic rings. The molecule has 0 saturated heterocycles. The molecule has 0 unspecified atom stereocenters. The second kappa shape index (κ2) is 8.10. The molecule has 4 rings (SSSR count). The van der Waals surface area contributed by atoms with E-state index >= 15 is 0 Å². The van der Waals surface area contributed by atoms with E-state index in [9.17, 15) is 4.79 Å². The first-order valence-electron chi connectivity index (χ1n) is 9.80. The third-order valence-corrected chi connectivity index (χ3v) is 5.38. The number of aryl methyl sites for hydroxylation is 2. The molecule has 1 aliphatic rings. The molecule has 1 aliphatic carbocycles. The molecule has 2 atom stereocenters. The van der Waals surface area contributed by atoms with Crippen molar-refractivity contribution in [3.05, 3.63) is 70.8 Å². The van der Waals surface area contributed by atoms with Crippen LogP contribution in [0.5, 0.6) is 11.6 Å². The lowest BCUT2D eigenvalue weighted by Gasteiger charge is -2.13. The first-order valence-corrected chi connectivity index (χ1v) is 9.80. The van der Waals surface area contributed by atoms with Crippen LogP contribution in [0.2, 0.25) is 0 Å². The zero-order valence-corrected chi connectivity index (χ0v) is 17.3. The second-order valence-electron chi connectivity index (χ2n) is 7.47. The van der Waals surface area contributed by atoms with Gasteiger partial charge >= 0.3 is 0 Å². The summed E-state index contributed by atoms with van der Waals surface area (Å²) in [5.74, 6) is 2.58. The number of ether oxygens (including phenoxy) is 2. The van der Waals surface area contributed by atoms with Gasteiger partial charge in [-0.3, -0.25) is 9.78 Å². The highest BCUT2D eigenvalue weighted by molar-refractivity contribution is 5.76. The third kappa shape index (κ3) is 3.96. The minimum Gasteiger partial charge on any atom is -0.495 e. The fraction of sp³-hybridized carbons (Fsp3) is 0.304. The van der Waals surface area contributed by atoms with Crippen molar-refractivity contribution in [3.63, 3.8) is 0 Å². The Balaban J connectivity index is 1.55. The number of aromatic nitrogens is 4. The molecule has 0 N–H and O–H groups in total. The lowest BCUT2D eigenvalue weighted by Crippen LogP contribution is -2.16. The van der Waals surface area contributed by atoms with Crippen molar-refractivity contribution in [2.24, 2.45) is 13.0 Å². The Morgan fingerprint density at radius 3 is 2.80 bits per heavy atom. The van der Waals surface area contributed by atoms with Crippen LogP contribution in [0.15, 0.2) is 48.2 Å². The Kier molecular flexibility index (Phi) is 5.35. The highest BCUT2D eigenvalue weighted by atomic mass is 16.5. The summed E-state index contributed by atoms with van der Waals surface area (Å²) in [5.41, 5.74) is 3.15. The number of pyridine rings is 2. The maximum absolute atomic E-state index is 12.2. The molecular weight excluding hydrogens is 380 g/mol. The summed E-state index contributed by atoms with van der Waals surface area (Å²) >= 11 is 0. The van der Waals surface area contributed by atoms with Gasteiger partial charge in [-0.05, 0) is 31.0 Å². The average Bonchev–Trinajstić information content (AvgIpc) is 3.54. The van der Waals surface area contributed by atoms with E-state index in [2.05, 4.69) is 21.5 Å². The SMILES string of the molecule is C=Cc1cn(C)c(=O)cc1-c1cnc(C)nc1OC[C@H]1C[C@@H]1c1ccc(OC)cn1. The van der Waals surface area contributed by atoms with Crippen LogP contribution >= 0.6 is 0 Å². The van der Waals surface area contributed by atoms with Crippen molar-refractivity contribution in [1.82, 2.24) is 19.5 Å². The van der Waals surface area contributed by atoms with E-state index in [0.717, 1.165) is 23.4 Å². The smallest absolute Gasteiger partial charge is 0.250 e. The molecule has 0 spiro atoms. The molecule has 30 heavy (non-hydrogen) atoms. The van der Waals surface area contributed by atoms with Crippen LogP contribution in [0.4, 0.5) is 0 Å². The predicted octanol–water partition coefficient (Wildman–Crippen LogP) is 3.38. The van der Waals surface area contributed by atoms with Crippen LogP contribution in [0.1, 0.15) is 29.4 Å². The average molecular weight is 404 g/mol. The van der Waals surface area contributed by atoms with Gasteiger partial charge in [0.2, 0.25) is 5.88 Å². The number of nitrogens with zero attached hydrogens (tertiary/aromatic N) is 4. The van der Waals surface area contributed by atoms with Gasteiger partial charge in [0.25, 0.3) is 5.56 Å². The van der Waals surface area contributed by atoms with Gasteiger partial charge < -0.3 is 14.0 Å². The van der Waals surface area contributed by atoms with E-state index in [1.165, 1.54) is 4.57 Å². The monoisotopic (exact) mass is 404 g/mol. The normalized spacial score (nSPS) is 17.4. The second-order valence-corrected chi connectivity index (χ2v) is 7.47. The highest BCUT2D eigenvalue weighted by Gasteiger charge is 2.40. The molecule has 3 aromatic heterocycles. The fourth-order valence-electron chi connectivity index (χ4n) is 3.50. The van der Waals surface area contributed by atoms with Gasteiger partial charge in [0.05, 0.1) is 25.5 Å². The summed E-state index contributed by atoms with van der Waals surface area (Å²) < 4.78 is 12.8. The van der Waals surface area contributed by atoms with E-state index in [0.29, 0.717) is 41.3 Å². The van der Waals surface area contributed by atoms with Gasteiger partial charge in [0, 0.05) is 48.6 Å². The summed E-state index contributed by atoms with van der Waals surface area (Å²) in [6.45, 7) is 6.20. The van der Waals surface area contributed by atoms with E-state index in [1.807, 2.05) is 19.1 Å². The maximum atomic E-state index is 12.2. The zero-order valence-electron chi connectivity index (χ0n) is 17.3. The van der Waals surface area contributed by atoms with Crippen molar-refractivity contribution >= 4 is 6.08 Å². The number of rotatable bonds is 7. The lowest BCUT2D eigenvalue weighted by atomic mass is 10.0. The van der Waals surface area contributed by atoms with Gasteiger partial charge in [0.1, 0.15) is 11.6 Å². The minimum absolute atomic E-state index is 0.116. The van der Waals surface area contributed by atoms with Crippen molar-refractivity contribution in [2.75, 3.05) is 13.7 Å². The van der Waals surface area contributed by atoms with Crippen molar-refractivity contribution in [1.29, 1.82) is 0 Å². The Morgan fingerprint density at radius 2 is 2.10 bits per heavy atom. The molecule has 0 radical (unpaired) electrons. The molecular formula is C23H24N4O3. The van der Waals surface area contributed by atoms with E-state index in [1.54, 1.807) is 44.9 Å². The van der Waals surface area contributed by atoms with Crippen molar-refractivity contribution < 1.29 is 9.47 Å². The summed E-state index contributed by atoms with van der Waals surface area (Å²) in [4.78, 5) is 25.5. The maximum Gasteiger partial charge on any atom is 0.250 e. The van der Waals surface area contributed by atoms with E-state index in [-0.39, 0.29) is 5.56 Å². The van der Waals surface area contributed by atoms with E-state index in [4.69, 9.17) is 9.47 Å². The first kappa shape index (κ1) is 19.8. The summed E-state index contributed by atoms with van der Waals surface area (Å²) in [5, 5.41) is 0. The Labute approximate surface area is 175 Å². The van der Waals surface area contributed by atoms with E-state index < -0.39 is 0 Å². The fourth-order valence-corrected chi connectivity index (χ4v) is 3.50. The number of hydrogen-bond donors (Lipinski definition) is 0. The van der Waals surface area contributed by atoms with Crippen LogP contribution in [-0.4, -0.2) is 33.2 Å². The Bertz CT molecular complexity index is 1140. The lowest BCUT2D eigenvalue weighted by molar-refractivity contribution is 0.285. The Hall–Kier alpha value is -3.48. The topological polar surface area (TPSA) is 79.1 Å². The van der Waals surface area contributed by atoms with Gasteiger partial charge in [0.15, 0.2) is 0 Å². The molecule has 3 heterocycles. The minimum atomic E-state index is -0.116. The van der Waals surface area contributed by atoms with Crippen LogP contribution in [0, 0.1) is 12.8 Å². The molecule has 0 aliphatic heterocycles. The number of methoxy groups -OCH3 is 1. The van der Waals surface area contributed by atoms with Crippen LogP contribution in [0.25, 0.3) is 17.2 Å². The largest absolute Gasteiger partial charge is 0.495 e. The first-order chi connectivity index (χ1) is 14.5. The standard InChI is InChI=1S/C23H24N4O3/c1-5-15-12-27(3)22(28)9-18(15)20-11-24-14(2)26-23(20)30-13-16-8-19(16)21-7-6-17(29-4)10-25-21/h5-7,9-12,16,19H,1,8,13H2,2-4H3/t16-,19+/m1/s1. The Morgan fingerprint density at radius 1 is 1.27 bits per heavy atom. The van der Waals surface area contributed by atoms with Gasteiger partial charge in [-0.15, -0.1) is 0 Å². The summed E-state index contributed by atoms with van der Waals surface area (Å²) in [7, 11) is 3.34. The molecule has 0 aromatic carbocycles. The van der Waals surface area contributed by atoms with Gasteiger partial charge in [-0.25, -0.2) is 4.98 Å². The molecule has 7 nitrogen and oxygen atoms in total. The molecule has 0 amide bonds. The third-order valence-electron chi connectivity index (χ3n) is 5.38.